The number of ketones is 1. The minimum atomic E-state index is -0.765. The topological polar surface area (TPSA) is 43.4 Å². The number of hydrogen-bond donors (Lipinski definition) is 0. The van der Waals surface area contributed by atoms with E-state index in [4.69, 9.17) is 4.74 Å². The second kappa shape index (κ2) is 5.18. The third-order valence-electron chi connectivity index (χ3n) is 6.29. The SMILES string of the molecule is COC(=O)[C@@]12CC(C)(C)C[C@@](C)(CC3=C1C(=O)[C@@H](Br)C(C)(C)C3)C2. The van der Waals surface area contributed by atoms with Crippen LogP contribution < -0.4 is 0 Å². The molecule has 1 fully saturated rings. The standard InChI is InChI=1S/C20H29BrO3/c1-17(2)9-19(5)8-12-7-18(3,4)15(21)14(22)13(12)20(10-17,11-19)16(23)24-6/h15H,7-11H2,1-6H3/t15-,19-,20-/m1/s1. The van der Waals surface area contributed by atoms with Crippen molar-refractivity contribution in [3.05, 3.63) is 11.1 Å². The molecule has 4 heteroatoms. The first-order valence-electron chi connectivity index (χ1n) is 8.85. The van der Waals surface area contributed by atoms with Crippen molar-refractivity contribution in [1.29, 1.82) is 0 Å². The van der Waals surface area contributed by atoms with E-state index in [9.17, 15) is 9.59 Å². The van der Waals surface area contributed by atoms with Crippen LogP contribution in [0.2, 0.25) is 0 Å². The van der Waals surface area contributed by atoms with E-state index in [2.05, 4.69) is 50.5 Å². The predicted octanol–water partition coefficient (Wildman–Crippen LogP) is 4.83. The van der Waals surface area contributed by atoms with Crippen molar-refractivity contribution in [3.8, 4) is 0 Å². The molecule has 24 heavy (non-hydrogen) atoms. The lowest BCUT2D eigenvalue weighted by molar-refractivity contribution is -0.161. The minimum Gasteiger partial charge on any atom is -0.468 e. The molecule has 0 amide bonds. The van der Waals surface area contributed by atoms with Crippen LogP contribution in [0.4, 0.5) is 0 Å². The fourth-order valence-corrected chi connectivity index (χ4v) is 6.65. The van der Waals surface area contributed by atoms with E-state index < -0.39 is 5.41 Å². The smallest absolute Gasteiger partial charge is 0.316 e. The van der Waals surface area contributed by atoms with Crippen LogP contribution in [-0.2, 0) is 14.3 Å². The second-order valence-corrected chi connectivity index (χ2v) is 11.0. The minimum absolute atomic E-state index is 0.0226. The molecule has 0 radical (unpaired) electrons. The van der Waals surface area contributed by atoms with Crippen LogP contribution in [0.15, 0.2) is 11.1 Å². The van der Waals surface area contributed by atoms with Gasteiger partial charge in [-0.25, -0.2) is 0 Å². The molecule has 3 rings (SSSR count). The summed E-state index contributed by atoms with van der Waals surface area (Å²) in [6.07, 6.45) is 4.33. The lowest BCUT2D eigenvalue weighted by Gasteiger charge is -2.58. The van der Waals surface area contributed by atoms with Crippen molar-refractivity contribution < 1.29 is 14.3 Å². The molecule has 3 nitrogen and oxygen atoms in total. The Bertz CT molecular complexity index is 645. The summed E-state index contributed by atoms with van der Waals surface area (Å²) in [6.45, 7) is 11.0. The number of methoxy groups -OCH3 is 1. The van der Waals surface area contributed by atoms with Crippen molar-refractivity contribution in [2.45, 2.75) is 71.5 Å². The van der Waals surface area contributed by atoms with Gasteiger partial charge in [0.05, 0.1) is 17.4 Å². The molecule has 0 aromatic carbocycles. The number of rotatable bonds is 1. The van der Waals surface area contributed by atoms with Crippen LogP contribution in [-0.4, -0.2) is 23.7 Å². The summed E-state index contributed by atoms with van der Waals surface area (Å²) in [5, 5.41) is 0. The van der Waals surface area contributed by atoms with Crippen LogP contribution in [0.3, 0.4) is 0 Å². The van der Waals surface area contributed by atoms with Crippen molar-refractivity contribution in [2.75, 3.05) is 7.11 Å². The highest BCUT2D eigenvalue weighted by Crippen LogP contribution is 2.65. The summed E-state index contributed by atoms with van der Waals surface area (Å²) in [6, 6.07) is 0. The van der Waals surface area contributed by atoms with Gasteiger partial charge in [-0.2, -0.15) is 0 Å². The number of allylic oxidation sites excluding steroid dienone is 1. The summed E-state index contributed by atoms with van der Waals surface area (Å²) in [5.74, 6) is -0.118. The lowest BCUT2D eigenvalue weighted by atomic mass is 9.45. The predicted molar refractivity (Wildman–Crippen MR) is 98.0 cm³/mol. The summed E-state index contributed by atoms with van der Waals surface area (Å²) in [5.41, 5.74) is 1.18. The largest absolute Gasteiger partial charge is 0.468 e. The first-order valence-corrected chi connectivity index (χ1v) is 9.77. The third kappa shape index (κ3) is 2.51. The zero-order valence-electron chi connectivity index (χ0n) is 15.7. The monoisotopic (exact) mass is 396 g/mol. The molecule has 0 aromatic heterocycles. The Kier molecular flexibility index (Phi) is 3.92. The highest BCUT2D eigenvalue weighted by atomic mass is 79.9. The van der Waals surface area contributed by atoms with Gasteiger partial charge in [0.15, 0.2) is 5.78 Å². The maximum absolute atomic E-state index is 13.3. The zero-order valence-corrected chi connectivity index (χ0v) is 17.3. The Hall–Kier alpha value is -0.640. The van der Waals surface area contributed by atoms with Crippen LogP contribution in [0.5, 0.6) is 0 Å². The molecule has 0 aromatic rings. The highest BCUT2D eigenvalue weighted by Gasteiger charge is 2.62. The lowest BCUT2D eigenvalue weighted by Crippen LogP contribution is -2.56. The average molecular weight is 397 g/mol. The van der Waals surface area contributed by atoms with Crippen molar-refractivity contribution >= 4 is 27.7 Å². The summed E-state index contributed by atoms with van der Waals surface area (Å²) >= 11 is 3.63. The van der Waals surface area contributed by atoms with Crippen molar-refractivity contribution in [1.82, 2.24) is 0 Å². The molecule has 134 valence electrons. The number of halogens is 1. The Morgan fingerprint density at radius 2 is 1.71 bits per heavy atom. The van der Waals surface area contributed by atoms with Gasteiger partial charge in [-0.3, -0.25) is 9.59 Å². The molecule has 0 aliphatic heterocycles. The second-order valence-electron chi connectivity index (χ2n) is 10.1. The van der Waals surface area contributed by atoms with Crippen molar-refractivity contribution in [2.24, 2.45) is 21.7 Å². The molecule has 0 N–H and O–H groups in total. The molecule has 0 spiro atoms. The Balaban J connectivity index is 2.25. The number of carbonyl (C=O) groups excluding carboxylic acids is 2. The van der Waals surface area contributed by atoms with Crippen LogP contribution in [0.1, 0.15) is 66.7 Å². The summed E-state index contributed by atoms with van der Waals surface area (Å²) in [7, 11) is 1.45. The number of hydrogen-bond acceptors (Lipinski definition) is 3. The van der Waals surface area contributed by atoms with Gasteiger partial charge in [0, 0.05) is 5.57 Å². The van der Waals surface area contributed by atoms with E-state index in [1.165, 1.54) is 12.7 Å². The molecule has 0 unspecified atom stereocenters. The normalized spacial score (nSPS) is 40.1. The summed E-state index contributed by atoms with van der Waals surface area (Å²) < 4.78 is 5.25. The molecule has 3 aliphatic carbocycles. The van der Waals surface area contributed by atoms with Gasteiger partial charge in [-0.1, -0.05) is 56.1 Å². The van der Waals surface area contributed by atoms with Crippen LogP contribution in [0, 0.1) is 21.7 Å². The maximum Gasteiger partial charge on any atom is 0.316 e. The van der Waals surface area contributed by atoms with E-state index in [0.717, 1.165) is 31.3 Å². The zero-order chi connectivity index (χ0) is 18.1. The van der Waals surface area contributed by atoms with Crippen LogP contribution >= 0.6 is 15.9 Å². The van der Waals surface area contributed by atoms with E-state index in [0.29, 0.717) is 6.42 Å². The van der Waals surface area contributed by atoms with Gasteiger partial charge in [0.2, 0.25) is 0 Å². The van der Waals surface area contributed by atoms with E-state index in [1.54, 1.807) is 0 Å². The van der Waals surface area contributed by atoms with Gasteiger partial charge in [-0.05, 0) is 48.3 Å². The number of esters is 1. The van der Waals surface area contributed by atoms with Gasteiger partial charge in [0.1, 0.15) is 0 Å². The molecule has 1 saturated carbocycles. The van der Waals surface area contributed by atoms with E-state index >= 15 is 0 Å². The van der Waals surface area contributed by atoms with E-state index in [1.807, 2.05) is 0 Å². The molecule has 3 aliphatic rings. The van der Waals surface area contributed by atoms with Gasteiger partial charge < -0.3 is 4.74 Å². The molecule has 0 saturated heterocycles. The molecular formula is C20H29BrO3. The number of ether oxygens (including phenoxy) is 1. The molecule has 0 heterocycles. The first-order chi connectivity index (χ1) is 10.9. The Morgan fingerprint density at radius 1 is 1.08 bits per heavy atom. The third-order valence-corrected chi connectivity index (χ3v) is 7.95. The Labute approximate surface area is 153 Å². The van der Waals surface area contributed by atoms with Gasteiger partial charge in [-0.15, -0.1) is 0 Å². The number of fused-ring (bicyclic) bond motifs is 3. The van der Waals surface area contributed by atoms with Crippen molar-refractivity contribution in [3.63, 3.8) is 0 Å². The molecule has 3 atom stereocenters. The Morgan fingerprint density at radius 3 is 2.29 bits per heavy atom. The van der Waals surface area contributed by atoms with Crippen LogP contribution in [0.25, 0.3) is 0 Å². The number of Topliss-reactive ketones (excluding diaryl/α,β-unsaturated/α-hetero) is 1. The number of alkyl halides is 1. The molecular weight excluding hydrogens is 368 g/mol. The maximum atomic E-state index is 13.3. The fourth-order valence-electron chi connectivity index (χ4n) is 6.26. The highest BCUT2D eigenvalue weighted by molar-refractivity contribution is 9.10. The number of carbonyl (C=O) groups is 2. The average Bonchev–Trinajstić information content (AvgIpc) is 2.40. The summed E-state index contributed by atoms with van der Waals surface area (Å²) in [4.78, 5) is 26.0. The van der Waals surface area contributed by atoms with Gasteiger partial charge >= 0.3 is 5.97 Å². The first kappa shape index (κ1) is 18.2. The van der Waals surface area contributed by atoms with Gasteiger partial charge in [0.25, 0.3) is 0 Å². The van der Waals surface area contributed by atoms with E-state index in [-0.39, 0.29) is 32.8 Å². The molecule has 2 bridgehead atoms. The quantitative estimate of drug-likeness (QED) is 0.471. The fraction of sp³-hybridized carbons (Fsp3) is 0.800.